The van der Waals surface area contributed by atoms with Crippen molar-refractivity contribution in [3.8, 4) is 0 Å². The number of carbonyl (C=O) groups is 1. The number of benzene rings is 2. The van der Waals surface area contributed by atoms with Gasteiger partial charge in [0.1, 0.15) is 0 Å². The molecular weight excluding hydrogens is 452 g/mol. The summed E-state index contributed by atoms with van der Waals surface area (Å²) in [5, 5.41) is 3.21. The van der Waals surface area contributed by atoms with E-state index in [9.17, 15) is 9.59 Å². The second-order valence-corrected chi connectivity index (χ2v) is 11.6. The average molecular weight is 491 g/mol. The van der Waals surface area contributed by atoms with Gasteiger partial charge >= 0.3 is 11.8 Å². The summed E-state index contributed by atoms with van der Waals surface area (Å²) < 4.78 is 6.96. The quantitative estimate of drug-likeness (QED) is 0.505. The van der Waals surface area contributed by atoms with Crippen LogP contribution in [0.15, 0.2) is 57.7 Å². The molecule has 1 saturated carbocycles. The molecule has 2 fully saturated rings. The number of rotatable bonds is 6. The van der Waals surface area contributed by atoms with Gasteiger partial charge < -0.3 is 19.5 Å². The van der Waals surface area contributed by atoms with Crippen molar-refractivity contribution in [3.05, 3.63) is 64.6 Å². The monoisotopic (exact) mass is 490 g/mol. The average Bonchev–Trinajstić information content (AvgIpc) is 3.50. The predicted molar refractivity (Wildman–Crippen MR) is 143 cm³/mol. The molecule has 5 rings (SSSR count). The van der Waals surface area contributed by atoms with Crippen LogP contribution >= 0.6 is 0 Å². The third-order valence-electron chi connectivity index (χ3n) is 8.08. The van der Waals surface area contributed by atoms with E-state index in [2.05, 4.69) is 66.2 Å². The maximum Gasteiger partial charge on any atom is 0.419 e. The Morgan fingerprint density at radius 3 is 2.61 bits per heavy atom. The van der Waals surface area contributed by atoms with Crippen molar-refractivity contribution in [3.63, 3.8) is 0 Å². The van der Waals surface area contributed by atoms with Gasteiger partial charge in [-0.2, -0.15) is 0 Å². The normalized spacial score (nSPS) is 21.8. The lowest BCUT2D eigenvalue weighted by Gasteiger charge is -2.45. The van der Waals surface area contributed by atoms with Crippen LogP contribution in [-0.2, 0) is 13.5 Å². The smallest absolute Gasteiger partial charge is 0.408 e. The summed E-state index contributed by atoms with van der Waals surface area (Å²) >= 11 is 0. The Labute approximate surface area is 213 Å². The number of nitrogens with zero attached hydrogens (tertiary/aromatic N) is 3. The molecule has 1 aromatic heterocycles. The Morgan fingerprint density at radius 1 is 1.11 bits per heavy atom. The molecule has 1 aliphatic carbocycles. The molecule has 7 heteroatoms. The minimum atomic E-state index is -0.348. The number of piperazine rings is 1. The minimum absolute atomic E-state index is 0.0608. The second kappa shape index (κ2) is 9.34. The number of anilines is 1. The third-order valence-corrected chi connectivity index (χ3v) is 8.08. The molecule has 1 N–H and O–H groups in total. The van der Waals surface area contributed by atoms with E-state index in [1.54, 1.807) is 7.05 Å². The Bertz CT molecular complexity index is 1290. The van der Waals surface area contributed by atoms with E-state index in [1.807, 2.05) is 18.2 Å². The van der Waals surface area contributed by atoms with Crippen molar-refractivity contribution in [2.24, 2.45) is 18.4 Å². The summed E-state index contributed by atoms with van der Waals surface area (Å²) in [6.07, 6.45) is 4.08. The van der Waals surface area contributed by atoms with Crippen molar-refractivity contribution in [2.45, 2.75) is 52.0 Å². The van der Waals surface area contributed by atoms with Crippen LogP contribution in [0.2, 0.25) is 0 Å². The van der Waals surface area contributed by atoms with E-state index in [0.717, 1.165) is 50.0 Å². The van der Waals surface area contributed by atoms with Gasteiger partial charge in [0, 0.05) is 45.0 Å². The van der Waals surface area contributed by atoms with Crippen LogP contribution in [0.25, 0.3) is 11.1 Å². The highest BCUT2D eigenvalue weighted by Crippen LogP contribution is 2.59. The van der Waals surface area contributed by atoms with Gasteiger partial charge in [-0.15, -0.1) is 0 Å². The number of nitrogens with one attached hydrogen (secondary N) is 1. The zero-order chi connectivity index (χ0) is 25.5. The number of aryl methyl sites for hydroxylation is 2. The molecular formula is C29H38N4O3. The number of unbranched alkanes of at least 4 members (excludes halogenated alkanes) is 1. The molecule has 2 atom stereocenters. The zero-order valence-electron chi connectivity index (χ0n) is 21.9. The third kappa shape index (κ3) is 4.63. The second-order valence-electron chi connectivity index (χ2n) is 11.6. The van der Waals surface area contributed by atoms with Crippen molar-refractivity contribution in [1.82, 2.24) is 14.8 Å². The van der Waals surface area contributed by atoms with Crippen molar-refractivity contribution < 1.29 is 9.21 Å². The standard InChI is InChI=1S/C29H38N4O3/c1-28(2,3)25-19-29(25)20-32(22-13-14-23-24(18-22)36-27(35)31(23)4)16-17-33(29)26(34)30-15-9-8-12-21-10-6-5-7-11-21/h5-7,10-11,13-14,18,25H,8-9,12,15-17,19-20H2,1-4H3,(H,30,34). The fourth-order valence-electron chi connectivity index (χ4n) is 6.05. The van der Waals surface area contributed by atoms with Gasteiger partial charge in [0.05, 0.1) is 11.1 Å². The van der Waals surface area contributed by atoms with Gasteiger partial charge in [0.15, 0.2) is 5.58 Å². The number of fused-ring (bicyclic) bond motifs is 1. The number of hydrogen-bond donors (Lipinski definition) is 1. The predicted octanol–water partition coefficient (Wildman–Crippen LogP) is 4.79. The fraction of sp³-hybridized carbons (Fsp3) is 0.517. The van der Waals surface area contributed by atoms with Crippen LogP contribution in [0, 0.1) is 11.3 Å². The first-order valence-corrected chi connectivity index (χ1v) is 13.1. The summed E-state index contributed by atoms with van der Waals surface area (Å²) in [5.41, 5.74) is 3.73. The minimum Gasteiger partial charge on any atom is -0.408 e. The molecule has 36 heavy (non-hydrogen) atoms. The Hall–Kier alpha value is -3.22. The Balaban J connectivity index is 1.25. The summed E-state index contributed by atoms with van der Waals surface area (Å²) in [6.45, 7) is 9.74. The lowest BCUT2D eigenvalue weighted by molar-refractivity contribution is 0.132. The summed E-state index contributed by atoms with van der Waals surface area (Å²) in [5.74, 6) is 0.0916. The molecule has 3 aromatic rings. The molecule has 7 nitrogen and oxygen atoms in total. The van der Waals surface area contributed by atoms with Gasteiger partial charge in [-0.05, 0) is 54.7 Å². The first-order chi connectivity index (χ1) is 17.2. The van der Waals surface area contributed by atoms with E-state index in [0.29, 0.717) is 24.6 Å². The van der Waals surface area contributed by atoms with Gasteiger partial charge in [-0.25, -0.2) is 9.59 Å². The number of carbonyl (C=O) groups excluding carboxylic acids is 1. The van der Waals surface area contributed by atoms with Gasteiger partial charge in [0.2, 0.25) is 0 Å². The van der Waals surface area contributed by atoms with Crippen LogP contribution in [0.4, 0.5) is 10.5 Å². The maximum atomic E-state index is 13.4. The molecule has 2 aromatic carbocycles. The van der Waals surface area contributed by atoms with E-state index < -0.39 is 0 Å². The van der Waals surface area contributed by atoms with E-state index in [-0.39, 0.29) is 22.7 Å². The number of urea groups is 1. The molecule has 2 aliphatic rings. The summed E-state index contributed by atoms with van der Waals surface area (Å²) in [6, 6.07) is 16.5. The molecule has 1 aliphatic heterocycles. The summed E-state index contributed by atoms with van der Waals surface area (Å²) in [4.78, 5) is 29.8. The van der Waals surface area contributed by atoms with E-state index >= 15 is 0 Å². The number of oxazole rings is 1. The Kier molecular flexibility index (Phi) is 6.35. The van der Waals surface area contributed by atoms with Gasteiger partial charge in [-0.3, -0.25) is 4.57 Å². The highest BCUT2D eigenvalue weighted by atomic mass is 16.4. The maximum absolute atomic E-state index is 13.4. The van der Waals surface area contributed by atoms with E-state index in [4.69, 9.17) is 4.42 Å². The highest BCUT2D eigenvalue weighted by Gasteiger charge is 2.65. The first kappa shape index (κ1) is 24.5. The SMILES string of the molecule is Cn1c(=O)oc2cc(N3CCN(C(=O)NCCCCc4ccccc4)C4(CC4C(C)(C)C)C3)ccc21. The molecule has 2 heterocycles. The molecule has 1 spiro atoms. The lowest BCUT2D eigenvalue weighted by atomic mass is 9.86. The van der Waals surface area contributed by atoms with Crippen LogP contribution in [0.1, 0.15) is 45.6 Å². The largest absolute Gasteiger partial charge is 0.419 e. The fourth-order valence-corrected chi connectivity index (χ4v) is 6.05. The van der Waals surface area contributed by atoms with Crippen molar-refractivity contribution in [1.29, 1.82) is 0 Å². The topological polar surface area (TPSA) is 70.7 Å². The van der Waals surface area contributed by atoms with Crippen molar-refractivity contribution >= 4 is 22.8 Å². The van der Waals surface area contributed by atoms with E-state index in [1.165, 1.54) is 10.1 Å². The lowest BCUT2D eigenvalue weighted by Crippen LogP contribution is -2.61. The number of aromatic nitrogens is 1. The van der Waals surface area contributed by atoms with Crippen LogP contribution in [0.5, 0.6) is 0 Å². The van der Waals surface area contributed by atoms with Crippen LogP contribution in [0.3, 0.4) is 0 Å². The molecule has 192 valence electrons. The molecule has 0 bridgehead atoms. The van der Waals surface area contributed by atoms with Crippen LogP contribution in [-0.4, -0.2) is 47.2 Å². The highest BCUT2D eigenvalue weighted by molar-refractivity contribution is 5.79. The Morgan fingerprint density at radius 2 is 1.89 bits per heavy atom. The molecule has 0 radical (unpaired) electrons. The summed E-state index contributed by atoms with van der Waals surface area (Å²) in [7, 11) is 1.72. The number of hydrogen-bond acceptors (Lipinski definition) is 4. The number of amides is 2. The van der Waals surface area contributed by atoms with Crippen molar-refractivity contribution in [2.75, 3.05) is 31.1 Å². The first-order valence-electron chi connectivity index (χ1n) is 13.1. The molecule has 2 unspecified atom stereocenters. The van der Waals surface area contributed by atoms with Crippen LogP contribution < -0.4 is 16.0 Å². The molecule has 2 amide bonds. The van der Waals surface area contributed by atoms with Gasteiger partial charge in [-0.1, -0.05) is 51.1 Å². The molecule has 1 saturated heterocycles. The van der Waals surface area contributed by atoms with Gasteiger partial charge in [0.25, 0.3) is 0 Å². The zero-order valence-corrected chi connectivity index (χ0v) is 21.9.